The van der Waals surface area contributed by atoms with E-state index in [1.807, 2.05) is 0 Å². The van der Waals surface area contributed by atoms with Crippen molar-refractivity contribution in [2.24, 2.45) is 11.4 Å². The zero-order valence-electron chi connectivity index (χ0n) is 7.77. The Bertz CT molecular complexity index is 341. The average Bonchev–Trinajstić information content (AvgIpc) is 2.45. The maximum absolute atomic E-state index is 7.69. The monoisotopic (exact) mass is 197 g/mol. The van der Waals surface area contributed by atoms with Crippen molar-refractivity contribution in [1.29, 1.82) is 5.41 Å². The molecule has 0 saturated heterocycles. The summed E-state index contributed by atoms with van der Waals surface area (Å²) in [5.41, 5.74) is 0.516. The van der Waals surface area contributed by atoms with Crippen LogP contribution in [0.15, 0.2) is 10.7 Å². The van der Waals surface area contributed by atoms with Crippen molar-refractivity contribution in [1.82, 2.24) is 14.5 Å². The Hall–Kier alpha value is -1.30. The fourth-order valence-electron chi connectivity index (χ4n) is 0.910. The van der Waals surface area contributed by atoms with Crippen molar-refractivity contribution in [3.63, 3.8) is 0 Å². The van der Waals surface area contributed by atoms with Gasteiger partial charge in [0, 0.05) is 33.6 Å². The van der Waals surface area contributed by atoms with Crippen molar-refractivity contribution in [3.05, 3.63) is 12.0 Å². The molecule has 0 amide bonds. The summed E-state index contributed by atoms with van der Waals surface area (Å²) in [6, 6.07) is 0. The highest BCUT2D eigenvalue weighted by Crippen LogP contribution is 2.16. The topological polar surface area (TPSA) is 57.3 Å². The lowest BCUT2D eigenvalue weighted by atomic mass is 10.4. The first-order valence-corrected chi connectivity index (χ1v) is 4.05. The molecule has 0 bridgehead atoms. The molecular formula is C7H11N5S. The second-order valence-corrected chi connectivity index (χ2v) is 3.04. The number of rotatable bonds is 2. The maximum Gasteiger partial charge on any atom is 0.177 e. The molecule has 1 N–H and O–H groups in total. The highest BCUT2D eigenvalue weighted by Gasteiger charge is 2.13. The van der Waals surface area contributed by atoms with Gasteiger partial charge in [-0.25, -0.2) is 4.98 Å². The Kier molecular flexibility index (Phi) is 2.72. The third-order valence-electron chi connectivity index (χ3n) is 1.66. The van der Waals surface area contributed by atoms with Gasteiger partial charge in [0.2, 0.25) is 0 Å². The minimum Gasteiger partial charge on any atom is -0.361 e. The van der Waals surface area contributed by atoms with E-state index in [1.165, 1.54) is 0 Å². The number of aromatic nitrogens is 2. The first-order valence-electron chi connectivity index (χ1n) is 3.69. The summed E-state index contributed by atoms with van der Waals surface area (Å²) in [6.45, 7) is 0. The van der Waals surface area contributed by atoms with E-state index in [0.29, 0.717) is 17.3 Å². The molecule has 0 aliphatic carbocycles. The Morgan fingerprint density at radius 3 is 2.77 bits per heavy atom. The van der Waals surface area contributed by atoms with Crippen LogP contribution < -0.4 is 0 Å². The third-order valence-corrected chi connectivity index (χ3v) is 1.84. The molecular weight excluding hydrogens is 186 g/mol. The number of hydrogen-bond acceptors (Lipinski definition) is 4. The van der Waals surface area contributed by atoms with Gasteiger partial charge in [-0.2, -0.15) is 4.36 Å². The van der Waals surface area contributed by atoms with Gasteiger partial charge in [0.05, 0.1) is 6.33 Å². The lowest BCUT2D eigenvalue weighted by Gasteiger charge is -2.11. The fraction of sp³-hybridized carbons (Fsp3) is 0.429. The quantitative estimate of drug-likeness (QED) is 0.560. The highest BCUT2D eigenvalue weighted by molar-refractivity contribution is 7.47. The Labute approximate surface area is 82.1 Å². The zero-order chi connectivity index (χ0) is 10.0. The fourth-order valence-corrected chi connectivity index (χ4v) is 1.13. The summed E-state index contributed by atoms with van der Waals surface area (Å²) in [6.07, 6.45) is 1.60. The molecule has 0 spiro atoms. The van der Waals surface area contributed by atoms with Crippen LogP contribution in [0.2, 0.25) is 0 Å². The summed E-state index contributed by atoms with van der Waals surface area (Å²) < 4.78 is 5.34. The van der Waals surface area contributed by atoms with Crippen LogP contribution >= 0.6 is 0 Å². The van der Waals surface area contributed by atoms with E-state index in [0.717, 1.165) is 0 Å². The third kappa shape index (κ3) is 1.72. The molecule has 0 aromatic carbocycles. The summed E-state index contributed by atoms with van der Waals surface area (Å²) in [5.74, 6) is 0.859. The van der Waals surface area contributed by atoms with E-state index in [1.54, 1.807) is 36.9 Å². The van der Waals surface area contributed by atoms with Gasteiger partial charge in [-0.05, 0) is 0 Å². The van der Waals surface area contributed by atoms with Crippen molar-refractivity contribution in [2.45, 2.75) is 0 Å². The molecule has 70 valence electrons. The van der Waals surface area contributed by atoms with Crippen LogP contribution in [-0.4, -0.2) is 34.4 Å². The lowest BCUT2D eigenvalue weighted by Crippen LogP contribution is -2.22. The molecule has 1 aromatic heterocycles. The Balaban J connectivity index is 3.14. The van der Waals surface area contributed by atoms with E-state index in [9.17, 15) is 0 Å². The van der Waals surface area contributed by atoms with Crippen LogP contribution in [0.1, 0.15) is 5.69 Å². The molecule has 0 aliphatic rings. The number of nitrogens with zero attached hydrogens (tertiary/aromatic N) is 4. The van der Waals surface area contributed by atoms with Crippen LogP contribution in [0.4, 0.5) is 5.82 Å². The number of imidazole rings is 1. The van der Waals surface area contributed by atoms with Gasteiger partial charge >= 0.3 is 0 Å². The SMILES string of the molecule is CN(C)C(=N)c1ncn(C)c1N=S. The van der Waals surface area contributed by atoms with Gasteiger partial charge in [-0.1, -0.05) is 0 Å². The molecule has 0 aliphatic heterocycles. The summed E-state index contributed by atoms with van der Waals surface area (Å²) in [5, 5.41) is 7.69. The molecule has 0 saturated carbocycles. The van der Waals surface area contributed by atoms with E-state index in [-0.39, 0.29) is 0 Å². The summed E-state index contributed by atoms with van der Waals surface area (Å²) >= 11 is 4.60. The first-order chi connectivity index (χ1) is 6.07. The normalized spacial score (nSPS) is 9.77. The van der Waals surface area contributed by atoms with Gasteiger partial charge in [-0.3, -0.25) is 5.41 Å². The van der Waals surface area contributed by atoms with Crippen LogP contribution in [-0.2, 0) is 19.5 Å². The van der Waals surface area contributed by atoms with Gasteiger partial charge in [0.25, 0.3) is 0 Å². The van der Waals surface area contributed by atoms with E-state index in [2.05, 4.69) is 21.8 Å². The van der Waals surface area contributed by atoms with Crippen molar-refractivity contribution in [2.75, 3.05) is 14.1 Å². The first kappa shape index (κ1) is 9.79. The van der Waals surface area contributed by atoms with Crippen molar-refractivity contribution in [3.8, 4) is 0 Å². The predicted octanol–water partition coefficient (Wildman–Crippen LogP) is 0.669. The second-order valence-electron chi connectivity index (χ2n) is 2.86. The van der Waals surface area contributed by atoms with Gasteiger partial charge in [0.1, 0.15) is 0 Å². The minimum absolute atomic E-state index is 0.309. The van der Waals surface area contributed by atoms with E-state index in [4.69, 9.17) is 5.41 Å². The number of nitrogens with one attached hydrogen (secondary N) is 1. The predicted molar refractivity (Wildman–Crippen MR) is 53.2 cm³/mol. The van der Waals surface area contributed by atoms with Crippen molar-refractivity contribution >= 4 is 24.1 Å². The molecule has 0 unspecified atom stereocenters. The molecule has 0 radical (unpaired) electrons. The highest BCUT2D eigenvalue weighted by atomic mass is 32.1. The standard InChI is InChI=1S/C7H11N5S/c1-11(2)6(8)5-7(10-13)12(3)4-9-5/h4,8H,1-3H3. The Morgan fingerprint density at radius 2 is 2.31 bits per heavy atom. The maximum atomic E-state index is 7.69. The van der Waals surface area contributed by atoms with Crippen LogP contribution in [0, 0.1) is 5.41 Å². The van der Waals surface area contributed by atoms with Gasteiger partial charge < -0.3 is 9.47 Å². The summed E-state index contributed by atoms with van der Waals surface area (Å²) in [7, 11) is 5.36. The van der Waals surface area contributed by atoms with Crippen LogP contribution in [0.25, 0.3) is 0 Å². The van der Waals surface area contributed by atoms with Crippen molar-refractivity contribution < 1.29 is 0 Å². The van der Waals surface area contributed by atoms with Crippen LogP contribution in [0.5, 0.6) is 0 Å². The zero-order valence-corrected chi connectivity index (χ0v) is 8.59. The minimum atomic E-state index is 0.309. The average molecular weight is 197 g/mol. The number of hydrogen-bond donors (Lipinski definition) is 1. The molecule has 5 nitrogen and oxygen atoms in total. The molecule has 0 atom stereocenters. The smallest absolute Gasteiger partial charge is 0.177 e. The lowest BCUT2D eigenvalue weighted by molar-refractivity contribution is 0.617. The second kappa shape index (κ2) is 3.61. The van der Waals surface area contributed by atoms with Gasteiger partial charge in [0.15, 0.2) is 17.3 Å². The Morgan fingerprint density at radius 1 is 1.69 bits per heavy atom. The summed E-state index contributed by atoms with van der Waals surface area (Å²) in [4.78, 5) is 5.70. The molecule has 1 heterocycles. The van der Waals surface area contributed by atoms with E-state index < -0.39 is 0 Å². The molecule has 1 aromatic rings. The number of aryl methyl sites for hydroxylation is 1. The molecule has 6 heteroatoms. The largest absolute Gasteiger partial charge is 0.361 e. The molecule has 13 heavy (non-hydrogen) atoms. The molecule has 0 fully saturated rings. The molecule has 1 rings (SSSR count). The van der Waals surface area contributed by atoms with E-state index >= 15 is 0 Å². The van der Waals surface area contributed by atoms with Crippen LogP contribution in [0.3, 0.4) is 0 Å². The number of amidine groups is 1. The van der Waals surface area contributed by atoms with Gasteiger partial charge in [-0.15, -0.1) is 0 Å².